The van der Waals surface area contributed by atoms with Crippen molar-refractivity contribution in [3.05, 3.63) is 59.8 Å². The SMILES string of the molecule is CCOc1ccc(NC(=O)Cc2c(C)[nH]c3ccccc23)cc1. The summed E-state index contributed by atoms with van der Waals surface area (Å²) in [6.07, 6.45) is 0.350. The minimum Gasteiger partial charge on any atom is -0.494 e. The van der Waals surface area contributed by atoms with Gasteiger partial charge in [0.05, 0.1) is 13.0 Å². The fraction of sp³-hybridized carbons (Fsp3) is 0.211. The molecule has 0 aliphatic carbocycles. The Morgan fingerprint density at radius 2 is 1.87 bits per heavy atom. The summed E-state index contributed by atoms with van der Waals surface area (Å²) in [7, 11) is 0. The molecule has 4 nitrogen and oxygen atoms in total. The molecule has 0 radical (unpaired) electrons. The standard InChI is InChI=1S/C19H20N2O2/c1-3-23-15-10-8-14(9-11-15)21-19(22)12-17-13(2)20-18-7-5-4-6-16(17)18/h4-11,20H,3,12H2,1-2H3,(H,21,22). The number of para-hydroxylation sites is 1. The van der Waals surface area contributed by atoms with Gasteiger partial charge in [-0.05, 0) is 49.7 Å². The van der Waals surface area contributed by atoms with Crippen LogP contribution in [0.2, 0.25) is 0 Å². The number of benzene rings is 2. The largest absolute Gasteiger partial charge is 0.494 e. The van der Waals surface area contributed by atoms with E-state index in [9.17, 15) is 4.79 Å². The molecule has 3 rings (SSSR count). The number of anilines is 1. The zero-order valence-corrected chi connectivity index (χ0v) is 13.3. The van der Waals surface area contributed by atoms with Crippen LogP contribution in [0.25, 0.3) is 10.9 Å². The number of nitrogens with one attached hydrogen (secondary N) is 2. The first-order valence-electron chi connectivity index (χ1n) is 7.76. The molecule has 3 aromatic rings. The number of hydrogen-bond donors (Lipinski definition) is 2. The van der Waals surface area contributed by atoms with Gasteiger partial charge < -0.3 is 15.0 Å². The average Bonchev–Trinajstić information content (AvgIpc) is 2.85. The maximum absolute atomic E-state index is 12.3. The smallest absolute Gasteiger partial charge is 0.228 e. The molecule has 1 amide bonds. The van der Waals surface area contributed by atoms with Crippen LogP contribution in [0, 0.1) is 6.92 Å². The normalized spacial score (nSPS) is 10.7. The lowest BCUT2D eigenvalue weighted by Crippen LogP contribution is -2.14. The van der Waals surface area contributed by atoms with Gasteiger partial charge in [0.1, 0.15) is 5.75 Å². The molecule has 0 bridgehead atoms. The van der Waals surface area contributed by atoms with Crippen LogP contribution in [0.3, 0.4) is 0 Å². The van der Waals surface area contributed by atoms with Gasteiger partial charge >= 0.3 is 0 Å². The molecule has 23 heavy (non-hydrogen) atoms. The maximum Gasteiger partial charge on any atom is 0.228 e. The molecule has 2 N–H and O–H groups in total. The van der Waals surface area contributed by atoms with Crippen molar-refractivity contribution in [3.63, 3.8) is 0 Å². The van der Waals surface area contributed by atoms with Gasteiger partial charge in [0.2, 0.25) is 5.91 Å². The van der Waals surface area contributed by atoms with Crippen molar-refractivity contribution in [2.24, 2.45) is 0 Å². The number of aromatic nitrogens is 1. The predicted octanol–water partition coefficient (Wildman–Crippen LogP) is 4.06. The summed E-state index contributed by atoms with van der Waals surface area (Å²) in [5, 5.41) is 4.04. The van der Waals surface area contributed by atoms with Crippen molar-refractivity contribution in [2.45, 2.75) is 20.3 Å². The van der Waals surface area contributed by atoms with Crippen molar-refractivity contribution >= 4 is 22.5 Å². The third kappa shape index (κ3) is 3.37. The second kappa shape index (κ2) is 6.57. The summed E-state index contributed by atoms with van der Waals surface area (Å²) in [4.78, 5) is 15.7. The van der Waals surface area contributed by atoms with Gasteiger partial charge in [0, 0.05) is 22.3 Å². The van der Waals surface area contributed by atoms with Crippen LogP contribution in [0.5, 0.6) is 5.75 Å². The molecule has 1 heterocycles. The Labute approximate surface area is 135 Å². The molecule has 0 saturated heterocycles. The van der Waals surface area contributed by atoms with Crippen molar-refractivity contribution in [3.8, 4) is 5.75 Å². The van der Waals surface area contributed by atoms with Crippen LogP contribution in [-0.4, -0.2) is 17.5 Å². The van der Waals surface area contributed by atoms with E-state index in [0.717, 1.165) is 33.6 Å². The Morgan fingerprint density at radius 3 is 2.61 bits per heavy atom. The van der Waals surface area contributed by atoms with Gasteiger partial charge in [-0.25, -0.2) is 0 Å². The monoisotopic (exact) mass is 308 g/mol. The third-order valence-corrected chi connectivity index (χ3v) is 3.81. The summed E-state index contributed by atoms with van der Waals surface area (Å²) in [5.74, 6) is 0.778. The van der Waals surface area contributed by atoms with Gasteiger partial charge in [-0.3, -0.25) is 4.79 Å². The summed E-state index contributed by atoms with van der Waals surface area (Å²) in [6, 6.07) is 15.5. The van der Waals surface area contributed by atoms with E-state index in [2.05, 4.69) is 10.3 Å². The van der Waals surface area contributed by atoms with Gasteiger partial charge in [-0.15, -0.1) is 0 Å². The van der Waals surface area contributed by atoms with E-state index in [1.165, 1.54) is 0 Å². The maximum atomic E-state index is 12.3. The van der Waals surface area contributed by atoms with Crippen molar-refractivity contribution in [1.29, 1.82) is 0 Å². The molecule has 0 aliphatic rings. The number of hydrogen-bond acceptors (Lipinski definition) is 2. The van der Waals surface area contributed by atoms with Crippen molar-refractivity contribution < 1.29 is 9.53 Å². The second-order valence-electron chi connectivity index (χ2n) is 5.46. The molecule has 0 saturated carbocycles. The summed E-state index contributed by atoms with van der Waals surface area (Å²) in [5.41, 5.74) is 3.92. The second-order valence-corrected chi connectivity index (χ2v) is 5.46. The predicted molar refractivity (Wildman–Crippen MR) is 93.0 cm³/mol. The zero-order chi connectivity index (χ0) is 16.2. The fourth-order valence-corrected chi connectivity index (χ4v) is 2.73. The van der Waals surface area contributed by atoms with Crippen LogP contribution in [-0.2, 0) is 11.2 Å². The number of rotatable bonds is 5. The summed E-state index contributed by atoms with van der Waals surface area (Å²) >= 11 is 0. The molecule has 1 aromatic heterocycles. The lowest BCUT2D eigenvalue weighted by molar-refractivity contribution is -0.115. The Kier molecular flexibility index (Phi) is 4.33. The van der Waals surface area contributed by atoms with E-state index in [4.69, 9.17) is 4.74 Å². The third-order valence-electron chi connectivity index (χ3n) is 3.81. The molecule has 4 heteroatoms. The van der Waals surface area contributed by atoms with Crippen LogP contribution in [0.1, 0.15) is 18.2 Å². The molecular formula is C19H20N2O2. The first kappa shape index (κ1) is 15.2. The molecule has 0 spiro atoms. The minimum atomic E-state index is -0.0259. The van der Waals surface area contributed by atoms with E-state index in [-0.39, 0.29) is 5.91 Å². The number of H-pyrrole nitrogens is 1. The number of carbonyl (C=O) groups excluding carboxylic acids is 1. The van der Waals surface area contributed by atoms with E-state index in [0.29, 0.717) is 13.0 Å². The van der Waals surface area contributed by atoms with Gasteiger partial charge in [0.25, 0.3) is 0 Å². The Hall–Kier alpha value is -2.75. The minimum absolute atomic E-state index is 0.0259. The van der Waals surface area contributed by atoms with E-state index in [1.54, 1.807) is 0 Å². The van der Waals surface area contributed by atoms with Crippen molar-refractivity contribution in [2.75, 3.05) is 11.9 Å². The van der Waals surface area contributed by atoms with Crippen LogP contribution < -0.4 is 10.1 Å². The molecule has 0 unspecified atom stereocenters. The number of aromatic amines is 1. The Bertz CT molecular complexity index is 819. The number of carbonyl (C=O) groups is 1. The summed E-state index contributed by atoms with van der Waals surface area (Å²) < 4.78 is 5.40. The van der Waals surface area contributed by atoms with Gasteiger partial charge in [0.15, 0.2) is 0 Å². The number of fused-ring (bicyclic) bond motifs is 1. The van der Waals surface area contributed by atoms with Gasteiger partial charge in [-0.1, -0.05) is 18.2 Å². The number of ether oxygens (including phenoxy) is 1. The fourth-order valence-electron chi connectivity index (χ4n) is 2.73. The lowest BCUT2D eigenvalue weighted by atomic mass is 10.1. The van der Waals surface area contributed by atoms with E-state index >= 15 is 0 Å². The molecule has 118 valence electrons. The van der Waals surface area contributed by atoms with Crippen LogP contribution in [0.4, 0.5) is 5.69 Å². The highest BCUT2D eigenvalue weighted by molar-refractivity contribution is 5.96. The van der Waals surface area contributed by atoms with E-state index in [1.807, 2.05) is 62.4 Å². The van der Waals surface area contributed by atoms with Crippen LogP contribution >= 0.6 is 0 Å². The molecule has 2 aromatic carbocycles. The molecule has 0 atom stereocenters. The first-order valence-corrected chi connectivity index (χ1v) is 7.76. The molecule has 0 fully saturated rings. The molecular weight excluding hydrogens is 288 g/mol. The quantitative estimate of drug-likeness (QED) is 0.747. The van der Waals surface area contributed by atoms with Crippen molar-refractivity contribution in [1.82, 2.24) is 4.98 Å². The average molecular weight is 308 g/mol. The Balaban J connectivity index is 1.72. The summed E-state index contributed by atoms with van der Waals surface area (Å²) in [6.45, 7) is 4.57. The highest BCUT2D eigenvalue weighted by atomic mass is 16.5. The number of amides is 1. The first-order chi connectivity index (χ1) is 11.2. The number of aryl methyl sites for hydroxylation is 1. The zero-order valence-electron chi connectivity index (χ0n) is 13.3. The Morgan fingerprint density at radius 1 is 1.13 bits per heavy atom. The van der Waals surface area contributed by atoms with E-state index < -0.39 is 0 Å². The highest BCUT2D eigenvalue weighted by Crippen LogP contribution is 2.23. The lowest BCUT2D eigenvalue weighted by Gasteiger charge is -2.07. The van der Waals surface area contributed by atoms with Gasteiger partial charge in [-0.2, -0.15) is 0 Å². The highest BCUT2D eigenvalue weighted by Gasteiger charge is 2.12. The molecule has 0 aliphatic heterocycles. The topological polar surface area (TPSA) is 54.1 Å². The van der Waals surface area contributed by atoms with Crippen LogP contribution in [0.15, 0.2) is 48.5 Å².